The molecule has 126 valence electrons. The molecule has 0 saturated carbocycles. The largest absolute Gasteiger partial charge is 0.382 e. The summed E-state index contributed by atoms with van der Waals surface area (Å²) in [5.41, 5.74) is 0.779. The first-order valence-corrected chi connectivity index (χ1v) is 7.64. The van der Waals surface area contributed by atoms with Crippen LogP contribution in [0.3, 0.4) is 0 Å². The van der Waals surface area contributed by atoms with E-state index >= 15 is 0 Å². The fourth-order valence-electron chi connectivity index (χ4n) is 2.42. The standard InChI is InChI=1S/C16H24N4O3/c1-17-16(20-8-9-23-14(11-20)12-22-2)18-10-15(21)19-13-6-4-3-5-7-13/h3-7,14H,8-12H2,1-2H3,(H,17,18)(H,19,21). The molecule has 1 aromatic carbocycles. The molecular weight excluding hydrogens is 296 g/mol. The van der Waals surface area contributed by atoms with Gasteiger partial charge in [-0.2, -0.15) is 0 Å². The van der Waals surface area contributed by atoms with Crippen LogP contribution in [0.15, 0.2) is 35.3 Å². The molecule has 0 aliphatic carbocycles. The molecule has 1 atom stereocenters. The van der Waals surface area contributed by atoms with Crippen LogP contribution in [0, 0.1) is 0 Å². The van der Waals surface area contributed by atoms with Crippen LogP contribution in [0.5, 0.6) is 0 Å². The number of carbonyl (C=O) groups is 1. The summed E-state index contributed by atoms with van der Waals surface area (Å²) >= 11 is 0. The Labute approximate surface area is 136 Å². The van der Waals surface area contributed by atoms with E-state index in [0.717, 1.165) is 12.2 Å². The van der Waals surface area contributed by atoms with Crippen LogP contribution in [0.4, 0.5) is 5.69 Å². The second-order valence-corrected chi connectivity index (χ2v) is 5.21. The number of morpholine rings is 1. The summed E-state index contributed by atoms with van der Waals surface area (Å²) < 4.78 is 10.8. The summed E-state index contributed by atoms with van der Waals surface area (Å²) in [7, 11) is 3.36. The number of nitrogens with zero attached hydrogens (tertiary/aromatic N) is 2. The molecule has 0 radical (unpaired) electrons. The average molecular weight is 320 g/mol. The number of para-hydroxylation sites is 1. The summed E-state index contributed by atoms with van der Waals surface area (Å²) in [6.45, 7) is 2.74. The van der Waals surface area contributed by atoms with Gasteiger partial charge >= 0.3 is 0 Å². The Balaban J connectivity index is 1.81. The lowest BCUT2D eigenvalue weighted by atomic mass is 10.3. The highest BCUT2D eigenvalue weighted by molar-refractivity contribution is 5.94. The molecule has 1 aliphatic rings. The number of ether oxygens (including phenoxy) is 2. The molecule has 1 aliphatic heterocycles. The van der Waals surface area contributed by atoms with Crippen molar-refractivity contribution in [2.75, 3.05) is 52.3 Å². The van der Waals surface area contributed by atoms with Crippen LogP contribution < -0.4 is 10.6 Å². The number of methoxy groups -OCH3 is 1. The number of rotatable bonds is 5. The van der Waals surface area contributed by atoms with Gasteiger partial charge in [-0.15, -0.1) is 0 Å². The second-order valence-electron chi connectivity index (χ2n) is 5.21. The number of hydrogen-bond acceptors (Lipinski definition) is 4. The predicted octanol–water partition coefficient (Wildman–Crippen LogP) is 0.548. The smallest absolute Gasteiger partial charge is 0.243 e. The molecule has 23 heavy (non-hydrogen) atoms. The van der Waals surface area contributed by atoms with E-state index < -0.39 is 0 Å². The lowest BCUT2D eigenvalue weighted by Gasteiger charge is -2.34. The molecule has 1 aromatic rings. The van der Waals surface area contributed by atoms with Gasteiger partial charge in [0.15, 0.2) is 5.96 Å². The van der Waals surface area contributed by atoms with Crippen molar-refractivity contribution in [1.82, 2.24) is 10.2 Å². The van der Waals surface area contributed by atoms with E-state index in [1.165, 1.54) is 0 Å². The van der Waals surface area contributed by atoms with Gasteiger partial charge in [0, 0.05) is 32.9 Å². The van der Waals surface area contributed by atoms with Crippen LogP contribution in [-0.4, -0.2) is 69.9 Å². The number of benzene rings is 1. The van der Waals surface area contributed by atoms with Crippen molar-refractivity contribution in [3.8, 4) is 0 Å². The normalized spacial score (nSPS) is 18.6. The summed E-state index contributed by atoms with van der Waals surface area (Å²) in [6, 6.07) is 9.37. The maximum absolute atomic E-state index is 12.0. The van der Waals surface area contributed by atoms with Crippen molar-refractivity contribution < 1.29 is 14.3 Å². The molecule has 1 unspecified atom stereocenters. The minimum Gasteiger partial charge on any atom is -0.382 e. The van der Waals surface area contributed by atoms with Gasteiger partial charge in [-0.05, 0) is 12.1 Å². The van der Waals surface area contributed by atoms with Crippen LogP contribution in [-0.2, 0) is 14.3 Å². The SMILES string of the molecule is CN=C(NCC(=O)Nc1ccccc1)N1CCOC(COC)C1. The van der Waals surface area contributed by atoms with E-state index in [0.29, 0.717) is 25.7 Å². The molecule has 1 amide bonds. The Hall–Kier alpha value is -2.12. The third-order valence-corrected chi connectivity index (χ3v) is 3.47. The molecule has 0 spiro atoms. The fourth-order valence-corrected chi connectivity index (χ4v) is 2.42. The number of hydrogen-bond donors (Lipinski definition) is 2. The van der Waals surface area contributed by atoms with Crippen LogP contribution in [0.25, 0.3) is 0 Å². The molecule has 7 heteroatoms. The predicted molar refractivity (Wildman–Crippen MR) is 89.6 cm³/mol. The third kappa shape index (κ3) is 5.54. The van der Waals surface area contributed by atoms with Gasteiger partial charge in [0.25, 0.3) is 0 Å². The van der Waals surface area contributed by atoms with E-state index in [9.17, 15) is 4.79 Å². The van der Waals surface area contributed by atoms with E-state index in [1.807, 2.05) is 30.3 Å². The summed E-state index contributed by atoms with van der Waals surface area (Å²) in [5.74, 6) is 0.580. The van der Waals surface area contributed by atoms with Gasteiger partial charge < -0.3 is 25.0 Å². The zero-order valence-electron chi connectivity index (χ0n) is 13.6. The van der Waals surface area contributed by atoms with Crippen molar-refractivity contribution in [3.05, 3.63) is 30.3 Å². The van der Waals surface area contributed by atoms with Crippen LogP contribution >= 0.6 is 0 Å². The Morgan fingerprint density at radius 3 is 2.91 bits per heavy atom. The average Bonchev–Trinajstić information content (AvgIpc) is 2.57. The maximum Gasteiger partial charge on any atom is 0.243 e. The van der Waals surface area contributed by atoms with Gasteiger partial charge in [0.05, 0.1) is 25.9 Å². The lowest BCUT2D eigenvalue weighted by Crippen LogP contribution is -2.52. The van der Waals surface area contributed by atoms with Crippen LogP contribution in [0.1, 0.15) is 0 Å². The molecule has 1 fully saturated rings. The molecule has 1 saturated heterocycles. The number of guanidine groups is 1. The van der Waals surface area contributed by atoms with E-state index in [4.69, 9.17) is 9.47 Å². The summed E-state index contributed by atoms with van der Waals surface area (Å²) in [6.07, 6.45) is 0.0189. The first-order chi connectivity index (χ1) is 11.2. The second kappa shape index (κ2) is 9.12. The van der Waals surface area contributed by atoms with Crippen molar-refractivity contribution in [1.29, 1.82) is 0 Å². The molecule has 0 bridgehead atoms. The monoisotopic (exact) mass is 320 g/mol. The van der Waals surface area contributed by atoms with Gasteiger partial charge in [0.1, 0.15) is 0 Å². The number of amides is 1. The minimum atomic E-state index is -0.112. The van der Waals surface area contributed by atoms with Gasteiger partial charge in [-0.25, -0.2) is 0 Å². The highest BCUT2D eigenvalue weighted by Gasteiger charge is 2.22. The van der Waals surface area contributed by atoms with Gasteiger partial charge in [-0.3, -0.25) is 9.79 Å². The van der Waals surface area contributed by atoms with E-state index in [1.54, 1.807) is 14.2 Å². The van der Waals surface area contributed by atoms with E-state index in [-0.39, 0.29) is 18.6 Å². The van der Waals surface area contributed by atoms with Crippen molar-refractivity contribution in [2.24, 2.45) is 4.99 Å². The van der Waals surface area contributed by atoms with E-state index in [2.05, 4.69) is 20.5 Å². The Morgan fingerprint density at radius 2 is 2.22 bits per heavy atom. The zero-order chi connectivity index (χ0) is 16.5. The number of carbonyl (C=O) groups excluding carboxylic acids is 1. The molecular formula is C16H24N4O3. The van der Waals surface area contributed by atoms with Gasteiger partial charge in [-0.1, -0.05) is 18.2 Å². The zero-order valence-corrected chi connectivity index (χ0v) is 13.6. The molecule has 7 nitrogen and oxygen atoms in total. The van der Waals surface area contributed by atoms with Gasteiger partial charge in [0.2, 0.25) is 5.91 Å². The fraction of sp³-hybridized carbons (Fsp3) is 0.500. The Kier molecular flexibility index (Phi) is 6.83. The Morgan fingerprint density at radius 1 is 1.43 bits per heavy atom. The van der Waals surface area contributed by atoms with Crippen molar-refractivity contribution in [3.63, 3.8) is 0 Å². The van der Waals surface area contributed by atoms with Crippen molar-refractivity contribution in [2.45, 2.75) is 6.10 Å². The number of aliphatic imine (C=N–C) groups is 1. The maximum atomic E-state index is 12.0. The molecule has 1 heterocycles. The molecule has 2 rings (SSSR count). The molecule has 2 N–H and O–H groups in total. The number of anilines is 1. The highest BCUT2D eigenvalue weighted by atomic mass is 16.5. The highest BCUT2D eigenvalue weighted by Crippen LogP contribution is 2.06. The minimum absolute atomic E-state index is 0.0189. The third-order valence-electron chi connectivity index (χ3n) is 3.47. The first-order valence-electron chi connectivity index (χ1n) is 7.64. The topological polar surface area (TPSA) is 75.2 Å². The number of nitrogens with one attached hydrogen (secondary N) is 2. The first kappa shape index (κ1) is 17.2. The van der Waals surface area contributed by atoms with Crippen LogP contribution in [0.2, 0.25) is 0 Å². The quantitative estimate of drug-likeness (QED) is 0.612. The summed E-state index contributed by atoms with van der Waals surface area (Å²) in [4.78, 5) is 18.3. The Bertz CT molecular complexity index is 519. The lowest BCUT2D eigenvalue weighted by molar-refractivity contribution is -0.115. The van der Waals surface area contributed by atoms with Crippen molar-refractivity contribution >= 4 is 17.6 Å². The molecule has 0 aromatic heterocycles. The summed E-state index contributed by atoms with van der Waals surface area (Å²) in [5, 5.41) is 5.92.